The van der Waals surface area contributed by atoms with Gasteiger partial charge >= 0.3 is 0 Å². The number of rotatable bonds is 3. The topological polar surface area (TPSA) is 17.1 Å². The van der Waals surface area contributed by atoms with Crippen LogP contribution in [0, 0.1) is 18.6 Å². The summed E-state index contributed by atoms with van der Waals surface area (Å²) in [7, 11) is 0. The Hall–Kier alpha value is -2.03. The molecule has 2 aromatic rings. The molecule has 102 valence electrons. The lowest BCUT2D eigenvalue weighted by Gasteiger charge is -2.15. The molecule has 1 aliphatic carbocycles. The van der Waals surface area contributed by atoms with Crippen molar-refractivity contribution in [1.29, 1.82) is 0 Å². The van der Waals surface area contributed by atoms with Gasteiger partial charge < -0.3 is 0 Å². The van der Waals surface area contributed by atoms with Crippen LogP contribution < -0.4 is 0 Å². The highest BCUT2D eigenvalue weighted by Crippen LogP contribution is 2.50. The summed E-state index contributed by atoms with van der Waals surface area (Å²) < 4.78 is 27.6. The molecule has 1 saturated carbocycles. The minimum atomic E-state index is -0.663. The number of carbonyl (C=O) groups is 1. The lowest BCUT2D eigenvalue weighted by atomic mass is 9.87. The van der Waals surface area contributed by atoms with Gasteiger partial charge in [0, 0.05) is 0 Å². The summed E-state index contributed by atoms with van der Waals surface area (Å²) in [5, 5.41) is 0. The van der Waals surface area contributed by atoms with E-state index in [4.69, 9.17) is 0 Å². The van der Waals surface area contributed by atoms with Gasteiger partial charge in [-0.25, -0.2) is 8.78 Å². The minimum Gasteiger partial charge on any atom is -0.293 e. The SMILES string of the molecule is Cc1cc(F)c(C(=O)C2(c3ccccc3)CC2)cc1F. The summed E-state index contributed by atoms with van der Waals surface area (Å²) in [6.07, 6.45) is 1.37. The van der Waals surface area contributed by atoms with Gasteiger partial charge in [-0.3, -0.25) is 4.79 Å². The highest BCUT2D eigenvalue weighted by molar-refractivity contribution is 6.06. The van der Waals surface area contributed by atoms with E-state index in [1.807, 2.05) is 30.3 Å². The number of hydrogen-bond donors (Lipinski definition) is 0. The Bertz CT molecular complexity index is 673. The summed E-state index contributed by atoms with van der Waals surface area (Å²) in [5.41, 5.74) is 0.285. The number of benzene rings is 2. The van der Waals surface area contributed by atoms with Gasteiger partial charge in [0.25, 0.3) is 0 Å². The second-order valence-corrected chi connectivity index (χ2v) is 5.36. The van der Waals surface area contributed by atoms with Gasteiger partial charge in [0.15, 0.2) is 5.78 Å². The van der Waals surface area contributed by atoms with Gasteiger partial charge in [-0.1, -0.05) is 30.3 Å². The second kappa shape index (κ2) is 4.51. The molecule has 0 radical (unpaired) electrons. The fourth-order valence-electron chi connectivity index (χ4n) is 2.61. The fourth-order valence-corrected chi connectivity index (χ4v) is 2.61. The molecule has 1 fully saturated rings. The third-order valence-electron chi connectivity index (χ3n) is 4.00. The molecule has 0 unspecified atom stereocenters. The molecule has 3 rings (SSSR count). The minimum absolute atomic E-state index is 0.144. The van der Waals surface area contributed by atoms with Gasteiger partial charge in [-0.05, 0) is 43.0 Å². The van der Waals surface area contributed by atoms with Crippen molar-refractivity contribution in [3.63, 3.8) is 0 Å². The zero-order chi connectivity index (χ0) is 14.3. The first-order valence-electron chi connectivity index (χ1n) is 6.60. The Balaban J connectivity index is 2.04. The maximum absolute atomic E-state index is 14.0. The Morgan fingerprint density at radius 3 is 2.30 bits per heavy atom. The maximum atomic E-state index is 14.0. The molecule has 0 atom stereocenters. The van der Waals surface area contributed by atoms with E-state index in [1.54, 1.807) is 0 Å². The van der Waals surface area contributed by atoms with Gasteiger partial charge in [-0.15, -0.1) is 0 Å². The van der Waals surface area contributed by atoms with Gasteiger partial charge in [0.1, 0.15) is 11.6 Å². The van der Waals surface area contributed by atoms with Crippen LogP contribution in [0.4, 0.5) is 8.78 Å². The third kappa shape index (κ3) is 1.94. The molecule has 0 aliphatic heterocycles. The summed E-state index contributed by atoms with van der Waals surface area (Å²) in [5.74, 6) is -1.50. The zero-order valence-electron chi connectivity index (χ0n) is 11.1. The molecule has 0 spiro atoms. The summed E-state index contributed by atoms with van der Waals surface area (Å²) in [6.45, 7) is 1.48. The highest BCUT2D eigenvalue weighted by Gasteiger charge is 2.51. The van der Waals surface area contributed by atoms with Crippen molar-refractivity contribution in [1.82, 2.24) is 0 Å². The molecular weight excluding hydrogens is 258 g/mol. The van der Waals surface area contributed by atoms with Crippen LogP contribution in [-0.2, 0) is 5.41 Å². The summed E-state index contributed by atoms with van der Waals surface area (Å²) in [4.78, 5) is 12.6. The van der Waals surface area contributed by atoms with Crippen molar-refractivity contribution in [2.24, 2.45) is 0 Å². The first kappa shape index (κ1) is 13.0. The summed E-state index contributed by atoms with van der Waals surface area (Å²) >= 11 is 0. The molecule has 0 heterocycles. The quantitative estimate of drug-likeness (QED) is 0.766. The van der Waals surface area contributed by atoms with Crippen molar-refractivity contribution in [3.8, 4) is 0 Å². The van der Waals surface area contributed by atoms with E-state index in [1.165, 1.54) is 6.92 Å². The molecule has 0 bridgehead atoms. The number of halogens is 2. The van der Waals surface area contributed by atoms with E-state index < -0.39 is 17.0 Å². The molecule has 1 nitrogen and oxygen atoms in total. The molecular formula is C17H14F2O. The molecule has 0 saturated heterocycles. The normalized spacial score (nSPS) is 15.9. The van der Waals surface area contributed by atoms with Crippen LogP contribution in [0.1, 0.15) is 34.3 Å². The molecule has 0 N–H and O–H groups in total. The lowest BCUT2D eigenvalue weighted by Crippen LogP contribution is -2.22. The molecule has 0 aromatic heterocycles. The fraction of sp³-hybridized carbons (Fsp3) is 0.235. The Morgan fingerprint density at radius 1 is 1.05 bits per heavy atom. The van der Waals surface area contributed by atoms with Crippen LogP contribution in [0.3, 0.4) is 0 Å². The highest BCUT2D eigenvalue weighted by atomic mass is 19.1. The number of aryl methyl sites for hydroxylation is 1. The molecule has 20 heavy (non-hydrogen) atoms. The number of hydrogen-bond acceptors (Lipinski definition) is 1. The van der Waals surface area contributed by atoms with Crippen LogP contribution in [0.5, 0.6) is 0 Å². The predicted molar refractivity (Wildman–Crippen MR) is 72.8 cm³/mol. The predicted octanol–water partition coefficient (Wildman–Crippen LogP) is 4.19. The lowest BCUT2D eigenvalue weighted by molar-refractivity contribution is 0.0941. The van der Waals surface area contributed by atoms with Crippen LogP contribution >= 0.6 is 0 Å². The van der Waals surface area contributed by atoms with E-state index >= 15 is 0 Å². The smallest absolute Gasteiger partial charge is 0.176 e. The van der Waals surface area contributed by atoms with Crippen LogP contribution in [0.2, 0.25) is 0 Å². The van der Waals surface area contributed by atoms with Gasteiger partial charge in [-0.2, -0.15) is 0 Å². The van der Waals surface area contributed by atoms with E-state index in [0.717, 1.165) is 17.7 Å². The van der Waals surface area contributed by atoms with Crippen molar-refractivity contribution in [3.05, 3.63) is 70.8 Å². The second-order valence-electron chi connectivity index (χ2n) is 5.36. The van der Waals surface area contributed by atoms with Crippen molar-refractivity contribution < 1.29 is 13.6 Å². The third-order valence-corrected chi connectivity index (χ3v) is 4.00. The molecule has 2 aromatic carbocycles. The molecule has 3 heteroatoms. The van der Waals surface area contributed by atoms with E-state index in [-0.39, 0.29) is 16.9 Å². The summed E-state index contributed by atoms with van der Waals surface area (Å²) in [6, 6.07) is 11.4. The van der Waals surface area contributed by atoms with Crippen molar-refractivity contribution in [2.75, 3.05) is 0 Å². The Morgan fingerprint density at radius 2 is 1.70 bits per heavy atom. The number of ketones is 1. The number of carbonyl (C=O) groups excluding carboxylic acids is 1. The van der Waals surface area contributed by atoms with E-state index in [9.17, 15) is 13.6 Å². The Labute approximate surface area is 116 Å². The van der Waals surface area contributed by atoms with Gasteiger partial charge in [0.05, 0.1) is 11.0 Å². The average molecular weight is 272 g/mol. The molecule has 1 aliphatic rings. The standard InChI is InChI=1S/C17H14F2O/c1-11-9-15(19)13(10-14(11)18)16(20)17(7-8-17)12-5-3-2-4-6-12/h2-6,9-10H,7-8H2,1H3. The number of Topliss-reactive ketones (excluding diaryl/α,β-unsaturated/α-hetero) is 1. The van der Waals surface area contributed by atoms with Crippen LogP contribution in [0.25, 0.3) is 0 Å². The first-order chi connectivity index (χ1) is 9.54. The zero-order valence-corrected chi connectivity index (χ0v) is 11.1. The largest absolute Gasteiger partial charge is 0.293 e. The van der Waals surface area contributed by atoms with E-state index in [0.29, 0.717) is 12.8 Å². The maximum Gasteiger partial charge on any atom is 0.176 e. The van der Waals surface area contributed by atoms with Crippen molar-refractivity contribution >= 4 is 5.78 Å². The molecule has 0 amide bonds. The van der Waals surface area contributed by atoms with Crippen molar-refractivity contribution in [2.45, 2.75) is 25.2 Å². The van der Waals surface area contributed by atoms with Crippen LogP contribution in [0.15, 0.2) is 42.5 Å². The first-order valence-corrected chi connectivity index (χ1v) is 6.60. The Kier molecular flexibility index (Phi) is 2.93. The van der Waals surface area contributed by atoms with Crippen LogP contribution in [-0.4, -0.2) is 5.78 Å². The average Bonchev–Trinajstić information content (AvgIpc) is 3.25. The monoisotopic (exact) mass is 272 g/mol. The van der Waals surface area contributed by atoms with E-state index in [2.05, 4.69) is 0 Å². The van der Waals surface area contributed by atoms with Gasteiger partial charge in [0.2, 0.25) is 0 Å².